The molecular weight excluding hydrogens is 373 g/mol. The van der Waals surface area contributed by atoms with Gasteiger partial charge in [-0.05, 0) is 41.3 Å². The molecule has 2 aromatic carbocycles. The molecule has 2 nitrogen and oxygen atoms in total. The number of fused-ring (bicyclic) bond motifs is 1. The van der Waals surface area contributed by atoms with Gasteiger partial charge in [-0.1, -0.05) is 57.3 Å². The number of halogens is 3. The maximum Gasteiger partial charge on any atom is 0.251 e. The lowest BCUT2D eigenvalue weighted by atomic mass is 9.95. The zero-order valence-corrected chi connectivity index (χ0v) is 14.1. The second kappa shape index (κ2) is 5.99. The highest BCUT2D eigenvalue weighted by molar-refractivity contribution is 9.09. The maximum atomic E-state index is 11.9. The molecular formula is C16H12BrCl2NO. The van der Waals surface area contributed by atoms with Crippen LogP contribution in [0.2, 0.25) is 10.0 Å². The van der Waals surface area contributed by atoms with Crippen LogP contribution in [0.4, 0.5) is 0 Å². The number of amides is 1. The summed E-state index contributed by atoms with van der Waals surface area (Å²) in [5.74, 6) is -0.00746. The number of benzene rings is 2. The minimum atomic E-state index is -0.0349. The molecule has 1 N–H and O–H groups in total. The zero-order chi connectivity index (χ0) is 15.0. The zero-order valence-electron chi connectivity index (χ0n) is 11.0. The summed E-state index contributed by atoms with van der Waals surface area (Å²) in [4.78, 5) is 11.9. The Hall–Kier alpha value is -1.03. The van der Waals surface area contributed by atoms with Crippen molar-refractivity contribution in [1.82, 2.24) is 5.32 Å². The van der Waals surface area contributed by atoms with E-state index in [4.69, 9.17) is 23.2 Å². The van der Waals surface area contributed by atoms with Crippen molar-refractivity contribution < 1.29 is 4.79 Å². The summed E-state index contributed by atoms with van der Waals surface area (Å²) in [6.07, 6.45) is 0.876. The highest BCUT2D eigenvalue weighted by Gasteiger charge is 2.19. The van der Waals surface area contributed by atoms with Gasteiger partial charge in [0.1, 0.15) is 0 Å². The van der Waals surface area contributed by atoms with Crippen LogP contribution in [-0.2, 0) is 6.42 Å². The molecule has 108 valence electrons. The topological polar surface area (TPSA) is 29.1 Å². The molecule has 1 unspecified atom stereocenters. The van der Waals surface area contributed by atoms with Crippen LogP contribution < -0.4 is 5.32 Å². The van der Waals surface area contributed by atoms with Crippen LogP contribution in [-0.4, -0.2) is 12.5 Å². The third-order valence-corrected chi connectivity index (χ3v) is 5.38. The first-order valence-electron chi connectivity index (χ1n) is 6.56. The van der Waals surface area contributed by atoms with Crippen molar-refractivity contribution in [2.24, 2.45) is 0 Å². The quantitative estimate of drug-likeness (QED) is 0.742. The lowest BCUT2D eigenvalue weighted by Crippen LogP contribution is -2.31. The van der Waals surface area contributed by atoms with Crippen LogP contribution in [0.3, 0.4) is 0 Å². The molecule has 1 aliphatic rings. The van der Waals surface area contributed by atoms with E-state index in [0.29, 0.717) is 16.6 Å². The van der Waals surface area contributed by atoms with E-state index in [-0.39, 0.29) is 10.7 Å². The van der Waals surface area contributed by atoms with Crippen molar-refractivity contribution in [3.63, 3.8) is 0 Å². The summed E-state index contributed by atoms with van der Waals surface area (Å²) < 4.78 is 0. The van der Waals surface area contributed by atoms with E-state index in [9.17, 15) is 4.79 Å². The van der Waals surface area contributed by atoms with Crippen molar-refractivity contribution in [3.05, 3.63) is 68.7 Å². The summed E-state index contributed by atoms with van der Waals surface area (Å²) >= 11 is 15.7. The average Bonchev–Trinajstić information content (AvgIpc) is 2.49. The molecule has 0 aliphatic carbocycles. The van der Waals surface area contributed by atoms with E-state index in [0.717, 1.165) is 28.7 Å². The van der Waals surface area contributed by atoms with Gasteiger partial charge in [-0.3, -0.25) is 4.79 Å². The van der Waals surface area contributed by atoms with Crippen molar-refractivity contribution in [1.29, 1.82) is 0 Å². The van der Waals surface area contributed by atoms with Crippen LogP contribution in [0, 0.1) is 0 Å². The molecule has 5 heteroatoms. The van der Waals surface area contributed by atoms with Crippen LogP contribution in [0.1, 0.15) is 31.9 Å². The average molecular weight is 385 g/mol. The minimum absolute atomic E-state index is 0.00746. The molecule has 1 amide bonds. The lowest BCUT2D eigenvalue weighted by Gasteiger charge is -2.19. The Bertz CT molecular complexity index is 717. The van der Waals surface area contributed by atoms with Crippen LogP contribution in [0.5, 0.6) is 0 Å². The van der Waals surface area contributed by atoms with Crippen LogP contribution >= 0.6 is 39.1 Å². The smallest absolute Gasteiger partial charge is 0.251 e. The largest absolute Gasteiger partial charge is 0.352 e. The van der Waals surface area contributed by atoms with Crippen molar-refractivity contribution in [2.45, 2.75) is 11.2 Å². The Morgan fingerprint density at radius 3 is 2.52 bits per heavy atom. The molecule has 0 bridgehead atoms. The van der Waals surface area contributed by atoms with E-state index in [2.05, 4.69) is 21.2 Å². The Labute approximate surface area is 141 Å². The minimum Gasteiger partial charge on any atom is -0.352 e. The van der Waals surface area contributed by atoms with E-state index in [1.165, 1.54) is 0 Å². The second-order valence-electron chi connectivity index (χ2n) is 4.96. The van der Waals surface area contributed by atoms with E-state index in [1.54, 1.807) is 6.07 Å². The summed E-state index contributed by atoms with van der Waals surface area (Å²) in [5, 5.41) is 3.92. The monoisotopic (exact) mass is 383 g/mol. The maximum absolute atomic E-state index is 11.9. The molecule has 0 spiro atoms. The molecule has 2 aromatic rings. The highest BCUT2D eigenvalue weighted by atomic mass is 79.9. The Kier molecular flexibility index (Phi) is 4.25. The summed E-state index contributed by atoms with van der Waals surface area (Å²) in [7, 11) is 0. The van der Waals surface area contributed by atoms with Crippen molar-refractivity contribution in [3.8, 4) is 0 Å². The fourth-order valence-corrected chi connectivity index (χ4v) is 3.33. The molecule has 0 saturated heterocycles. The standard InChI is InChI=1S/C16H12BrCl2NO/c17-15(11-3-4-13(18)14(19)8-11)10-2-1-9-5-6-20-16(21)12(9)7-10/h1-4,7-8,15H,5-6H2,(H,20,21). The van der Waals surface area contributed by atoms with Gasteiger partial charge in [0.25, 0.3) is 5.91 Å². The van der Waals surface area contributed by atoms with Crippen LogP contribution in [0.15, 0.2) is 36.4 Å². The van der Waals surface area contributed by atoms with Crippen LogP contribution in [0.25, 0.3) is 0 Å². The van der Waals surface area contributed by atoms with E-state index < -0.39 is 0 Å². The molecule has 0 saturated carbocycles. The fourth-order valence-electron chi connectivity index (χ4n) is 2.45. The molecule has 0 fully saturated rings. The molecule has 21 heavy (non-hydrogen) atoms. The number of carbonyl (C=O) groups is 1. The van der Waals surface area contributed by atoms with Gasteiger partial charge in [-0.2, -0.15) is 0 Å². The van der Waals surface area contributed by atoms with E-state index in [1.807, 2.05) is 30.3 Å². The summed E-state index contributed by atoms with van der Waals surface area (Å²) in [6.45, 7) is 0.704. The number of alkyl halides is 1. The molecule has 1 atom stereocenters. The Morgan fingerprint density at radius 2 is 1.76 bits per heavy atom. The summed E-state index contributed by atoms with van der Waals surface area (Å²) in [5.41, 5.74) is 3.87. The fraction of sp³-hybridized carbons (Fsp3) is 0.188. The van der Waals surface area contributed by atoms with Gasteiger partial charge < -0.3 is 5.32 Å². The third kappa shape index (κ3) is 2.96. The number of hydrogen-bond acceptors (Lipinski definition) is 1. The van der Waals surface area contributed by atoms with E-state index >= 15 is 0 Å². The first-order valence-corrected chi connectivity index (χ1v) is 8.23. The Balaban J connectivity index is 1.98. The normalized spacial score (nSPS) is 15.3. The second-order valence-corrected chi connectivity index (χ2v) is 6.69. The number of hydrogen-bond donors (Lipinski definition) is 1. The predicted molar refractivity (Wildman–Crippen MR) is 89.7 cm³/mol. The first kappa shape index (κ1) is 14.9. The van der Waals surface area contributed by atoms with Gasteiger partial charge in [0, 0.05) is 12.1 Å². The molecule has 3 rings (SSSR count). The van der Waals surface area contributed by atoms with Gasteiger partial charge in [-0.25, -0.2) is 0 Å². The molecule has 1 heterocycles. The van der Waals surface area contributed by atoms with Gasteiger partial charge >= 0.3 is 0 Å². The highest BCUT2D eigenvalue weighted by Crippen LogP contribution is 2.35. The van der Waals surface area contributed by atoms with Gasteiger partial charge in [0.2, 0.25) is 0 Å². The van der Waals surface area contributed by atoms with Gasteiger partial charge in [-0.15, -0.1) is 0 Å². The van der Waals surface area contributed by atoms with Crippen molar-refractivity contribution in [2.75, 3.05) is 6.54 Å². The molecule has 0 radical (unpaired) electrons. The lowest BCUT2D eigenvalue weighted by molar-refractivity contribution is 0.0946. The number of carbonyl (C=O) groups excluding carboxylic acids is 1. The van der Waals surface area contributed by atoms with Gasteiger partial charge in [0.05, 0.1) is 14.9 Å². The number of nitrogens with one attached hydrogen (secondary N) is 1. The predicted octanol–water partition coefficient (Wildman–Crippen LogP) is 4.76. The van der Waals surface area contributed by atoms with Crippen molar-refractivity contribution >= 4 is 45.0 Å². The summed E-state index contributed by atoms with van der Waals surface area (Å²) in [6, 6.07) is 11.5. The first-order chi connectivity index (χ1) is 10.1. The third-order valence-electron chi connectivity index (χ3n) is 3.59. The number of rotatable bonds is 2. The molecule has 1 aliphatic heterocycles. The van der Waals surface area contributed by atoms with Gasteiger partial charge in [0.15, 0.2) is 0 Å². The Morgan fingerprint density at radius 1 is 1.05 bits per heavy atom. The SMILES string of the molecule is O=C1NCCc2ccc(C(Br)c3ccc(Cl)c(Cl)c3)cc21. The molecule has 0 aromatic heterocycles.